The van der Waals surface area contributed by atoms with E-state index in [-0.39, 0.29) is 12.2 Å². The van der Waals surface area contributed by atoms with E-state index in [0.717, 1.165) is 0 Å². The van der Waals surface area contributed by atoms with Crippen molar-refractivity contribution in [2.75, 3.05) is 13.1 Å². The van der Waals surface area contributed by atoms with Crippen molar-refractivity contribution in [2.24, 2.45) is 5.73 Å². The Hall–Kier alpha value is -3.67. The largest absolute Gasteiger partial charge is 0.508 e. The Bertz CT molecular complexity index is 765. The van der Waals surface area contributed by atoms with E-state index >= 15 is 0 Å². The highest BCUT2D eigenvalue weighted by Gasteiger charge is 2.23. The molecule has 0 radical (unpaired) electrons. The van der Waals surface area contributed by atoms with Gasteiger partial charge in [-0.05, 0) is 24.1 Å². The summed E-state index contributed by atoms with van der Waals surface area (Å²) in [6.45, 7) is -1.06. The number of nitrogens with one attached hydrogen (secondary N) is 3. The fourth-order valence-corrected chi connectivity index (χ4v) is 2.14. The number of amides is 3. The smallest absolute Gasteiger partial charge is 0.326 e. The summed E-state index contributed by atoms with van der Waals surface area (Å²) >= 11 is 0. The minimum Gasteiger partial charge on any atom is -0.508 e. The Morgan fingerprint density at radius 2 is 1.52 bits per heavy atom. The maximum atomic E-state index is 11.9. The Morgan fingerprint density at radius 1 is 0.931 bits per heavy atom. The summed E-state index contributed by atoms with van der Waals surface area (Å²) < 4.78 is 0. The molecule has 8 N–H and O–H groups in total. The summed E-state index contributed by atoms with van der Waals surface area (Å²) in [6.07, 6.45) is -0.639. The van der Waals surface area contributed by atoms with Crippen LogP contribution in [0.3, 0.4) is 0 Å². The lowest BCUT2D eigenvalue weighted by molar-refractivity contribution is -0.147. The highest BCUT2D eigenvalue weighted by Crippen LogP contribution is 2.10. The summed E-state index contributed by atoms with van der Waals surface area (Å²) in [5.74, 6) is -5.09. The Kier molecular flexibility index (Phi) is 9.05. The summed E-state index contributed by atoms with van der Waals surface area (Å²) in [4.78, 5) is 56.6. The molecule has 0 saturated heterocycles. The molecule has 0 aliphatic rings. The molecule has 29 heavy (non-hydrogen) atoms. The predicted molar refractivity (Wildman–Crippen MR) is 97.6 cm³/mol. The molecule has 0 spiro atoms. The lowest BCUT2D eigenvalue weighted by Gasteiger charge is -2.14. The van der Waals surface area contributed by atoms with Gasteiger partial charge in [0, 0.05) is 0 Å². The van der Waals surface area contributed by atoms with Gasteiger partial charge in [0.1, 0.15) is 11.8 Å². The number of phenolic OH excluding ortho intramolecular Hbond substituents is 1. The Balaban J connectivity index is 2.35. The van der Waals surface area contributed by atoms with Crippen LogP contribution in [0.4, 0.5) is 0 Å². The number of nitrogens with two attached hydrogens (primary N) is 1. The number of rotatable bonds is 11. The molecule has 12 heteroatoms. The van der Waals surface area contributed by atoms with E-state index in [1.54, 1.807) is 12.1 Å². The fraction of sp³-hybridized carbons (Fsp3) is 0.353. The van der Waals surface area contributed by atoms with Crippen LogP contribution in [0.2, 0.25) is 0 Å². The summed E-state index contributed by atoms with van der Waals surface area (Å²) in [5, 5.41) is 33.0. The molecule has 1 aromatic rings. The van der Waals surface area contributed by atoms with Gasteiger partial charge < -0.3 is 37.0 Å². The number of benzene rings is 1. The first-order valence-electron chi connectivity index (χ1n) is 8.40. The van der Waals surface area contributed by atoms with Crippen LogP contribution >= 0.6 is 0 Å². The summed E-state index contributed by atoms with van der Waals surface area (Å²) in [7, 11) is 0. The van der Waals surface area contributed by atoms with Gasteiger partial charge in [0.25, 0.3) is 0 Å². The molecule has 12 nitrogen and oxygen atoms in total. The number of carbonyl (C=O) groups is 5. The quantitative estimate of drug-likeness (QED) is 0.206. The molecule has 3 amide bonds. The van der Waals surface area contributed by atoms with Gasteiger partial charge in [0.05, 0.1) is 25.6 Å². The van der Waals surface area contributed by atoms with Crippen molar-refractivity contribution in [3.63, 3.8) is 0 Å². The molecule has 0 heterocycles. The predicted octanol–water partition coefficient (Wildman–Crippen LogP) is -2.46. The second-order valence-corrected chi connectivity index (χ2v) is 6.03. The van der Waals surface area contributed by atoms with Gasteiger partial charge in [0.2, 0.25) is 17.7 Å². The highest BCUT2D eigenvalue weighted by molar-refractivity contribution is 5.91. The molecule has 158 valence electrons. The van der Waals surface area contributed by atoms with E-state index in [4.69, 9.17) is 15.9 Å². The molecule has 0 fully saturated rings. The molecule has 0 aliphatic carbocycles. The SMILES string of the molecule is NC(Cc1ccc(O)cc1)C(=O)NCC(=O)NCC(=O)NC(CC(=O)O)C(=O)O. The maximum Gasteiger partial charge on any atom is 0.326 e. The molecule has 0 saturated carbocycles. The molecule has 2 atom stereocenters. The van der Waals surface area contributed by atoms with Gasteiger partial charge in [-0.25, -0.2) is 4.79 Å². The highest BCUT2D eigenvalue weighted by atomic mass is 16.4. The molecule has 0 aliphatic heterocycles. The lowest BCUT2D eigenvalue weighted by atomic mass is 10.1. The van der Waals surface area contributed by atoms with Crippen LogP contribution < -0.4 is 21.7 Å². The first-order chi connectivity index (χ1) is 13.6. The molecular formula is C17H22N4O8. The fourth-order valence-electron chi connectivity index (χ4n) is 2.14. The van der Waals surface area contributed by atoms with Crippen molar-refractivity contribution in [1.29, 1.82) is 0 Å². The number of aromatic hydroxyl groups is 1. The third kappa shape index (κ3) is 9.19. The van der Waals surface area contributed by atoms with Gasteiger partial charge in [-0.3, -0.25) is 19.2 Å². The van der Waals surface area contributed by atoms with Crippen molar-refractivity contribution < 1.29 is 39.3 Å². The van der Waals surface area contributed by atoms with Crippen LogP contribution in [0.25, 0.3) is 0 Å². The van der Waals surface area contributed by atoms with Crippen molar-refractivity contribution in [1.82, 2.24) is 16.0 Å². The Morgan fingerprint density at radius 3 is 2.07 bits per heavy atom. The van der Waals surface area contributed by atoms with Gasteiger partial charge in [0.15, 0.2) is 0 Å². The van der Waals surface area contributed by atoms with Crippen molar-refractivity contribution in [3.05, 3.63) is 29.8 Å². The zero-order valence-electron chi connectivity index (χ0n) is 15.3. The number of carbonyl (C=O) groups excluding carboxylic acids is 3. The minimum atomic E-state index is -1.63. The molecule has 1 aromatic carbocycles. The van der Waals surface area contributed by atoms with E-state index in [0.29, 0.717) is 5.56 Å². The second kappa shape index (κ2) is 11.2. The van der Waals surface area contributed by atoms with Crippen LogP contribution in [0.15, 0.2) is 24.3 Å². The molecule has 1 rings (SSSR count). The average Bonchev–Trinajstić information content (AvgIpc) is 2.65. The zero-order chi connectivity index (χ0) is 22.0. The molecular weight excluding hydrogens is 388 g/mol. The van der Waals surface area contributed by atoms with Crippen LogP contribution in [0.1, 0.15) is 12.0 Å². The van der Waals surface area contributed by atoms with Gasteiger partial charge in [-0.2, -0.15) is 0 Å². The molecule has 0 bridgehead atoms. The standard InChI is InChI=1S/C17H22N4O8/c18-11(5-9-1-3-10(22)4-2-9)16(27)20-7-13(23)19-8-14(24)21-12(17(28)29)6-15(25)26/h1-4,11-12,22H,5-8,18H2,(H,19,23)(H,20,27)(H,21,24)(H,25,26)(H,28,29). The van der Waals surface area contributed by atoms with Crippen LogP contribution in [-0.4, -0.2) is 70.2 Å². The molecule has 2 unspecified atom stereocenters. The monoisotopic (exact) mass is 410 g/mol. The number of aliphatic carboxylic acids is 2. The van der Waals surface area contributed by atoms with Crippen molar-refractivity contribution >= 4 is 29.7 Å². The molecule has 0 aromatic heterocycles. The van der Waals surface area contributed by atoms with Gasteiger partial charge in [-0.1, -0.05) is 12.1 Å². The number of carboxylic acid groups (broad SMARTS) is 2. The number of carboxylic acids is 2. The lowest BCUT2D eigenvalue weighted by Crippen LogP contribution is -2.49. The van der Waals surface area contributed by atoms with Crippen LogP contribution in [-0.2, 0) is 30.4 Å². The topological polar surface area (TPSA) is 208 Å². The van der Waals surface area contributed by atoms with E-state index in [2.05, 4.69) is 10.6 Å². The third-order valence-electron chi connectivity index (χ3n) is 3.61. The van der Waals surface area contributed by atoms with Gasteiger partial charge >= 0.3 is 11.9 Å². The van der Waals surface area contributed by atoms with E-state index in [9.17, 15) is 29.1 Å². The van der Waals surface area contributed by atoms with Crippen molar-refractivity contribution in [3.8, 4) is 5.75 Å². The summed E-state index contributed by atoms with van der Waals surface area (Å²) in [6, 6.07) is 3.52. The Labute approximate surface area is 165 Å². The van der Waals surface area contributed by atoms with E-state index < -0.39 is 61.3 Å². The average molecular weight is 410 g/mol. The maximum absolute atomic E-state index is 11.9. The van der Waals surface area contributed by atoms with Crippen LogP contribution in [0.5, 0.6) is 5.75 Å². The number of phenols is 1. The number of hydrogen-bond acceptors (Lipinski definition) is 7. The van der Waals surface area contributed by atoms with Crippen molar-refractivity contribution in [2.45, 2.75) is 24.9 Å². The summed E-state index contributed by atoms with van der Waals surface area (Å²) in [5.41, 5.74) is 6.45. The minimum absolute atomic E-state index is 0.0742. The van der Waals surface area contributed by atoms with Crippen LogP contribution in [0, 0.1) is 0 Å². The number of hydrogen-bond donors (Lipinski definition) is 7. The van der Waals surface area contributed by atoms with Gasteiger partial charge in [-0.15, -0.1) is 0 Å². The zero-order valence-corrected chi connectivity index (χ0v) is 15.3. The second-order valence-electron chi connectivity index (χ2n) is 6.03. The van der Waals surface area contributed by atoms with E-state index in [1.807, 2.05) is 5.32 Å². The first kappa shape index (κ1) is 23.4. The first-order valence-corrected chi connectivity index (χ1v) is 8.40. The van der Waals surface area contributed by atoms with E-state index in [1.165, 1.54) is 12.1 Å². The third-order valence-corrected chi connectivity index (χ3v) is 3.61. The normalized spacial score (nSPS) is 12.3.